The first-order valence-electron chi connectivity index (χ1n) is 4.48. The van der Waals surface area contributed by atoms with Crippen molar-refractivity contribution in [3.8, 4) is 5.75 Å². The fourth-order valence-electron chi connectivity index (χ4n) is 1.35. The van der Waals surface area contributed by atoms with Gasteiger partial charge in [0, 0.05) is 7.05 Å². The lowest BCUT2D eigenvalue weighted by molar-refractivity contribution is 0.156. The Morgan fingerprint density at radius 2 is 2.13 bits per heavy atom. The van der Waals surface area contributed by atoms with E-state index < -0.39 is 6.43 Å². The molecule has 0 aliphatic rings. The number of nitrogens with two attached hydrogens (primary N) is 1. The van der Waals surface area contributed by atoms with Crippen LogP contribution in [0, 0.1) is 0 Å². The molecule has 5 heteroatoms. The van der Waals surface area contributed by atoms with E-state index in [1.165, 1.54) is 12.0 Å². The van der Waals surface area contributed by atoms with Crippen LogP contribution >= 0.6 is 0 Å². The Balaban J connectivity index is 2.93. The number of halogens is 2. The third kappa shape index (κ3) is 2.71. The zero-order chi connectivity index (χ0) is 11.4. The zero-order valence-electron chi connectivity index (χ0n) is 8.71. The van der Waals surface area contributed by atoms with E-state index in [1.807, 2.05) is 0 Å². The van der Waals surface area contributed by atoms with E-state index in [0.717, 1.165) is 0 Å². The summed E-state index contributed by atoms with van der Waals surface area (Å²) in [7, 11) is 3.06. The maximum Gasteiger partial charge on any atom is 0.255 e. The van der Waals surface area contributed by atoms with Gasteiger partial charge in [-0.1, -0.05) is 6.07 Å². The number of nitrogens with zero attached hydrogens (tertiary/aromatic N) is 1. The highest BCUT2D eigenvalue weighted by Crippen LogP contribution is 2.31. The molecule has 0 radical (unpaired) electrons. The monoisotopic (exact) mass is 216 g/mol. The molecule has 1 rings (SSSR count). The fraction of sp³-hybridized carbons (Fsp3) is 0.400. The number of hydrogen-bond donors (Lipinski definition) is 1. The van der Waals surface area contributed by atoms with Gasteiger partial charge in [-0.05, 0) is 12.1 Å². The minimum atomic E-state index is -2.39. The van der Waals surface area contributed by atoms with Gasteiger partial charge in [0.05, 0.1) is 25.0 Å². The van der Waals surface area contributed by atoms with E-state index in [0.29, 0.717) is 17.1 Å². The molecule has 0 saturated heterocycles. The Hall–Kier alpha value is -1.52. The normalized spacial score (nSPS) is 10.5. The lowest BCUT2D eigenvalue weighted by atomic mass is 10.2. The quantitative estimate of drug-likeness (QED) is 0.782. The molecule has 84 valence electrons. The van der Waals surface area contributed by atoms with E-state index in [4.69, 9.17) is 10.5 Å². The number of nitrogen functional groups attached to an aromatic ring is 1. The van der Waals surface area contributed by atoms with Crippen LogP contribution in [0.15, 0.2) is 18.2 Å². The molecule has 15 heavy (non-hydrogen) atoms. The second-order valence-corrected chi connectivity index (χ2v) is 3.16. The third-order valence-corrected chi connectivity index (χ3v) is 2.09. The van der Waals surface area contributed by atoms with Gasteiger partial charge in [-0.25, -0.2) is 8.78 Å². The molecule has 2 N–H and O–H groups in total. The molecule has 0 fully saturated rings. The zero-order valence-corrected chi connectivity index (χ0v) is 8.71. The van der Waals surface area contributed by atoms with Crippen LogP contribution in [0.5, 0.6) is 5.75 Å². The fourth-order valence-corrected chi connectivity index (χ4v) is 1.35. The van der Waals surface area contributed by atoms with E-state index in [-0.39, 0.29) is 6.54 Å². The summed E-state index contributed by atoms with van der Waals surface area (Å²) in [4.78, 5) is 1.41. The predicted molar refractivity (Wildman–Crippen MR) is 56.7 cm³/mol. The van der Waals surface area contributed by atoms with E-state index in [9.17, 15) is 8.78 Å². The van der Waals surface area contributed by atoms with Gasteiger partial charge in [0.15, 0.2) is 0 Å². The van der Waals surface area contributed by atoms with Crippen LogP contribution in [0.2, 0.25) is 0 Å². The van der Waals surface area contributed by atoms with Crippen LogP contribution in [0.4, 0.5) is 20.2 Å². The number of rotatable bonds is 4. The lowest BCUT2D eigenvalue weighted by Crippen LogP contribution is -2.24. The van der Waals surface area contributed by atoms with Gasteiger partial charge in [-0.2, -0.15) is 0 Å². The van der Waals surface area contributed by atoms with Crippen molar-refractivity contribution in [1.29, 1.82) is 0 Å². The summed E-state index contributed by atoms with van der Waals surface area (Å²) in [6.07, 6.45) is -2.39. The number of alkyl halides is 2. The second-order valence-electron chi connectivity index (χ2n) is 3.16. The molecule has 0 bridgehead atoms. The summed E-state index contributed by atoms with van der Waals surface area (Å²) in [5.41, 5.74) is 6.69. The molecule has 0 atom stereocenters. The number of ether oxygens (including phenoxy) is 1. The molecule has 0 spiro atoms. The van der Waals surface area contributed by atoms with Gasteiger partial charge in [0.1, 0.15) is 5.75 Å². The van der Waals surface area contributed by atoms with Crippen LogP contribution in [0.3, 0.4) is 0 Å². The minimum Gasteiger partial charge on any atom is -0.495 e. The summed E-state index contributed by atoms with van der Waals surface area (Å²) in [5.74, 6) is 0.494. The molecule has 0 amide bonds. The molecule has 1 aromatic carbocycles. The molecule has 1 aromatic rings. The van der Waals surface area contributed by atoms with Crippen molar-refractivity contribution in [3.63, 3.8) is 0 Å². The van der Waals surface area contributed by atoms with E-state index in [1.54, 1.807) is 25.2 Å². The molecule has 0 unspecified atom stereocenters. The van der Waals surface area contributed by atoms with Gasteiger partial charge in [0.25, 0.3) is 6.43 Å². The number of hydrogen-bond acceptors (Lipinski definition) is 3. The van der Waals surface area contributed by atoms with Crippen molar-refractivity contribution in [2.24, 2.45) is 0 Å². The Morgan fingerprint density at radius 3 is 2.67 bits per heavy atom. The molecule has 0 aromatic heterocycles. The van der Waals surface area contributed by atoms with Gasteiger partial charge in [-0.3, -0.25) is 0 Å². The largest absolute Gasteiger partial charge is 0.495 e. The first-order chi connectivity index (χ1) is 7.06. The van der Waals surface area contributed by atoms with Gasteiger partial charge < -0.3 is 15.4 Å². The Morgan fingerprint density at radius 1 is 1.47 bits per heavy atom. The van der Waals surface area contributed by atoms with Crippen LogP contribution < -0.4 is 15.4 Å². The molecule has 0 heterocycles. The van der Waals surface area contributed by atoms with Gasteiger partial charge in [-0.15, -0.1) is 0 Å². The highest BCUT2D eigenvalue weighted by Gasteiger charge is 2.13. The summed E-state index contributed by atoms with van der Waals surface area (Å²) >= 11 is 0. The van der Waals surface area contributed by atoms with Crippen molar-refractivity contribution in [1.82, 2.24) is 0 Å². The van der Waals surface area contributed by atoms with E-state index >= 15 is 0 Å². The van der Waals surface area contributed by atoms with Crippen molar-refractivity contribution in [2.45, 2.75) is 6.43 Å². The lowest BCUT2D eigenvalue weighted by Gasteiger charge is -2.21. The number of anilines is 2. The minimum absolute atomic E-state index is 0.350. The Labute approximate surface area is 87.4 Å². The Bertz CT molecular complexity index is 331. The van der Waals surface area contributed by atoms with Crippen molar-refractivity contribution in [2.75, 3.05) is 31.3 Å². The average molecular weight is 216 g/mol. The predicted octanol–water partition coefficient (Wildman–Crippen LogP) is 1.98. The van der Waals surface area contributed by atoms with Crippen molar-refractivity contribution < 1.29 is 13.5 Å². The summed E-state index contributed by atoms with van der Waals surface area (Å²) in [6.45, 7) is -0.350. The van der Waals surface area contributed by atoms with Crippen LogP contribution in [0.1, 0.15) is 0 Å². The molecule has 3 nitrogen and oxygen atoms in total. The summed E-state index contributed by atoms with van der Waals surface area (Å²) in [5, 5.41) is 0. The van der Waals surface area contributed by atoms with Crippen LogP contribution in [-0.4, -0.2) is 27.1 Å². The maximum absolute atomic E-state index is 12.2. The average Bonchev–Trinajstić information content (AvgIpc) is 2.17. The summed E-state index contributed by atoms with van der Waals surface area (Å²) < 4.78 is 29.3. The molecule has 0 saturated carbocycles. The first kappa shape index (κ1) is 11.6. The topological polar surface area (TPSA) is 38.5 Å². The molecular formula is C10H14F2N2O. The van der Waals surface area contributed by atoms with Gasteiger partial charge >= 0.3 is 0 Å². The summed E-state index contributed by atoms with van der Waals surface area (Å²) in [6, 6.07) is 5.09. The second kappa shape index (κ2) is 4.82. The number of para-hydroxylation sites is 1. The van der Waals surface area contributed by atoms with Crippen LogP contribution in [-0.2, 0) is 0 Å². The Kier molecular flexibility index (Phi) is 3.71. The highest BCUT2D eigenvalue weighted by atomic mass is 19.3. The molecule has 0 aliphatic carbocycles. The maximum atomic E-state index is 12.2. The van der Waals surface area contributed by atoms with Crippen molar-refractivity contribution in [3.05, 3.63) is 18.2 Å². The molecule has 0 aliphatic heterocycles. The third-order valence-electron chi connectivity index (χ3n) is 2.09. The van der Waals surface area contributed by atoms with Crippen molar-refractivity contribution >= 4 is 11.4 Å². The van der Waals surface area contributed by atoms with E-state index in [2.05, 4.69) is 0 Å². The smallest absolute Gasteiger partial charge is 0.255 e. The number of benzene rings is 1. The highest BCUT2D eigenvalue weighted by molar-refractivity contribution is 5.73. The molecular weight excluding hydrogens is 202 g/mol. The SMILES string of the molecule is COc1cccc(N(C)CC(F)F)c1N. The van der Waals surface area contributed by atoms with Crippen LogP contribution in [0.25, 0.3) is 0 Å². The first-order valence-corrected chi connectivity index (χ1v) is 4.48. The van der Waals surface area contributed by atoms with Gasteiger partial charge in [0.2, 0.25) is 0 Å². The standard InChI is InChI=1S/C10H14F2N2O/c1-14(6-9(11)12)7-4-3-5-8(15-2)10(7)13/h3-5,9H,6,13H2,1-2H3. The number of methoxy groups -OCH3 is 1.